The Morgan fingerprint density at radius 2 is 1.56 bits per heavy atom. The zero-order valence-electron chi connectivity index (χ0n) is 8.55. The normalized spacial score (nSPS) is 9.75. The summed E-state index contributed by atoms with van der Waals surface area (Å²) >= 11 is 0. The Kier molecular flexibility index (Phi) is 2.87. The van der Waals surface area contributed by atoms with Gasteiger partial charge in [0.15, 0.2) is 0 Å². The minimum absolute atomic E-state index is 0.0712. The third-order valence-electron chi connectivity index (χ3n) is 2.14. The molecule has 0 atom stereocenters. The van der Waals surface area contributed by atoms with Gasteiger partial charge in [0.25, 0.3) is 0 Å². The average Bonchev–Trinajstić information content (AvgIpc) is 2.48. The minimum atomic E-state index is -0.0712. The van der Waals surface area contributed by atoms with E-state index in [1.807, 2.05) is 0 Å². The molecule has 0 fully saturated rings. The van der Waals surface area contributed by atoms with Gasteiger partial charge in [0, 0.05) is 5.69 Å². The van der Waals surface area contributed by atoms with Gasteiger partial charge in [-0.3, -0.25) is 4.79 Å². The monoisotopic (exact) mass is 213 g/mol. The van der Waals surface area contributed by atoms with Crippen LogP contribution in [0.5, 0.6) is 5.75 Å². The maximum Gasteiger partial charge on any atom is 0.201 e. The minimum Gasteiger partial charge on any atom is -0.508 e. The molecule has 0 unspecified atom stereocenters. The van der Waals surface area contributed by atoms with Gasteiger partial charge in [0.2, 0.25) is 5.43 Å². The molecule has 2 aromatic rings. The fraction of sp³-hybridized carbons (Fsp3) is 0. The van der Waals surface area contributed by atoms with E-state index in [1.165, 1.54) is 6.07 Å². The van der Waals surface area contributed by atoms with Crippen molar-refractivity contribution in [1.29, 1.82) is 0 Å². The van der Waals surface area contributed by atoms with Crippen molar-refractivity contribution in [2.45, 2.75) is 0 Å². The average molecular weight is 213 g/mol. The summed E-state index contributed by atoms with van der Waals surface area (Å²) in [6.07, 6.45) is 0. The second-order valence-corrected chi connectivity index (χ2v) is 3.36. The Hall–Kier alpha value is -2.29. The highest BCUT2D eigenvalue weighted by Gasteiger charge is 1.97. The number of rotatable bonds is 2. The Balaban J connectivity index is 2.31. The molecule has 0 amide bonds. The Bertz CT molecular complexity index is 535. The Labute approximate surface area is 93.0 Å². The maximum absolute atomic E-state index is 11.6. The zero-order valence-corrected chi connectivity index (χ0v) is 8.55. The van der Waals surface area contributed by atoms with E-state index in [-0.39, 0.29) is 11.2 Å². The van der Waals surface area contributed by atoms with Gasteiger partial charge in [0.1, 0.15) is 5.75 Å². The fourth-order valence-electron chi connectivity index (χ4n) is 1.33. The lowest BCUT2D eigenvalue weighted by Crippen LogP contribution is -2.03. The van der Waals surface area contributed by atoms with Gasteiger partial charge in [-0.15, -0.1) is 0 Å². The molecule has 2 N–H and O–H groups in total. The molecule has 0 radical (unpaired) electrons. The lowest BCUT2D eigenvalue weighted by molar-refractivity contribution is 0.475. The van der Waals surface area contributed by atoms with E-state index in [2.05, 4.69) is 5.32 Å². The third-order valence-corrected chi connectivity index (χ3v) is 2.14. The second-order valence-electron chi connectivity index (χ2n) is 3.36. The third kappa shape index (κ3) is 2.39. The van der Waals surface area contributed by atoms with Crippen LogP contribution < -0.4 is 10.7 Å². The number of aromatic hydroxyl groups is 1. The number of phenolic OH excluding ortho intramolecular Hbond substituents is 1. The van der Waals surface area contributed by atoms with Crippen LogP contribution in [0.2, 0.25) is 0 Å². The summed E-state index contributed by atoms with van der Waals surface area (Å²) in [6, 6.07) is 15.1. The Morgan fingerprint density at radius 1 is 0.875 bits per heavy atom. The van der Waals surface area contributed by atoms with E-state index in [0.717, 1.165) is 5.69 Å². The standard InChI is InChI=1S/C13H11NO2/c15-11-8-6-10(7-9-11)14-12-4-2-1-3-5-13(12)16/h1-9,15H,(H,14,16). The predicted molar refractivity (Wildman–Crippen MR) is 64.1 cm³/mol. The van der Waals surface area contributed by atoms with Gasteiger partial charge < -0.3 is 10.4 Å². The number of benzene rings is 1. The van der Waals surface area contributed by atoms with E-state index in [4.69, 9.17) is 5.11 Å². The first kappa shape index (κ1) is 10.2. The molecule has 0 spiro atoms. The molecule has 2 aromatic carbocycles. The summed E-state index contributed by atoms with van der Waals surface area (Å²) in [5, 5.41) is 12.1. The van der Waals surface area contributed by atoms with Crippen molar-refractivity contribution in [1.82, 2.24) is 0 Å². The first-order chi connectivity index (χ1) is 7.75. The van der Waals surface area contributed by atoms with Crippen LogP contribution >= 0.6 is 0 Å². The van der Waals surface area contributed by atoms with Gasteiger partial charge in [-0.25, -0.2) is 0 Å². The van der Waals surface area contributed by atoms with E-state index < -0.39 is 0 Å². The topological polar surface area (TPSA) is 49.3 Å². The predicted octanol–water partition coefficient (Wildman–Crippen LogP) is 2.50. The molecule has 16 heavy (non-hydrogen) atoms. The van der Waals surface area contributed by atoms with E-state index >= 15 is 0 Å². The molecule has 0 heterocycles. The van der Waals surface area contributed by atoms with Gasteiger partial charge in [-0.2, -0.15) is 0 Å². The van der Waals surface area contributed by atoms with E-state index in [9.17, 15) is 4.79 Å². The van der Waals surface area contributed by atoms with E-state index in [1.54, 1.807) is 48.5 Å². The highest BCUT2D eigenvalue weighted by Crippen LogP contribution is 2.16. The quantitative estimate of drug-likeness (QED) is 0.753. The molecule has 0 aromatic heterocycles. The molecule has 3 nitrogen and oxygen atoms in total. The van der Waals surface area contributed by atoms with Crippen LogP contribution in [0.4, 0.5) is 11.4 Å². The van der Waals surface area contributed by atoms with Crippen LogP contribution in [-0.4, -0.2) is 5.11 Å². The number of nitrogens with one attached hydrogen (secondary N) is 1. The van der Waals surface area contributed by atoms with Crippen molar-refractivity contribution in [2.24, 2.45) is 0 Å². The van der Waals surface area contributed by atoms with E-state index in [0.29, 0.717) is 5.69 Å². The van der Waals surface area contributed by atoms with Crippen molar-refractivity contribution in [3.63, 3.8) is 0 Å². The summed E-state index contributed by atoms with van der Waals surface area (Å²) in [4.78, 5) is 11.6. The molecule has 0 aliphatic heterocycles. The van der Waals surface area contributed by atoms with Crippen LogP contribution in [-0.2, 0) is 0 Å². The van der Waals surface area contributed by atoms with Crippen molar-refractivity contribution < 1.29 is 5.11 Å². The molecule has 0 bridgehead atoms. The molecule has 0 aliphatic rings. The zero-order chi connectivity index (χ0) is 11.4. The lowest BCUT2D eigenvalue weighted by Gasteiger charge is -2.03. The second kappa shape index (κ2) is 4.49. The van der Waals surface area contributed by atoms with Crippen molar-refractivity contribution in [3.05, 3.63) is 64.8 Å². The van der Waals surface area contributed by atoms with Crippen molar-refractivity contribution in [2.75, 3.05) is 5.32 Å². The number of anilines is 2. The van der Waals surface area contributed by atoms with Crippen molar-refractivity contribution in [3.8, 4) is 5.75 Å². The van der Waals surface area contributed by atoms with Gasteiger partial charge in [-0.05, 0) is 36.4 Å². The highest BCUT2D eigenvalue weighted by molar-refractivity contribution is 5.59. The van der Waals surface area contributed by atoms with Gasteiger partial charge in [0.05, 0.1) is 5.69 Å². The molecular formula is C13H11NO2. The van der Waals surface area contributed by atoms with Crippen LogP contribution in [0.1, 0.15) is 0 Å². The van der Waals surface area contributed by atoms with Crippen LogP contribution in [0, 0.1) is 0 Å². The number of phenols is 1. The molecule has 3 heteroatoms. The van der Waals surface area contributed by atoms with Crippen LogP contribution in [0.25, 0.3) is 0 Å². The summed E-state index contributed by atoms with van der Waals surface area (Å²) in [5.74, 6) is 0.200. The lowest BCUT2D eigenvalue weighted by atomic mass is 10.3. The smallest absolute Gasteiger partial charge is 0.201 e. The van der Waals surface area contributed by atoms with Gasteiger partial charge >= 0.3 is 0 Å². The first-order valence-electron chi connectivity index (χ1n) is 4.91. The number of hydrogen-bond acceptors (Lipinski definition) is 3. The fourth-order valence-corrected chi connectivity index (χ4v) is 1.33. The summed E-state index contributed by atoms with van der Waals surface area (Å²) < 4.78 is 0. The molecule has 0 aliphatic carbocycles. The van der Waals surface area contributed by atoms with Gasteiger partial charge in [-0.1, -0.05) is 18.2 Å². The van der Waals surface area contributed by atoms with Crippen LogP contribution in [0.15, 0.2) is 59.4 Å². The molecule has 80 valence electrons. The molecule has 0 saturated carbocycles. The maximum atomic E-state index is 11.6. The summed E-state index contributed by atoms with van der Waals surface area (Å²) in [6.45, 7) is 0. The van der Waals surface area contributed by atoms with Crippen molar-refractivity contribution >= 4 is 11.4 Å². The summed E-state index contributed by atoms with van der Waals surface area (Å²) in [7, 11) is 0. The largest absolute Gasteiger partial charge is 0.508 e. The first-order valence-corrected chi connectivity index (χ1v) is 4.91. The molecular weight excluding hydrogens is 202 g/mol. The summed E-state index contributed by atoms with van der Waals surface area (Å²) in [5.41, 5.74) is 1.20. The Morgan fingerprint density at radius 3 is 2.31 bits per heavy atom. The molecule has 0 saturated heterocycles. The number of hydrogen-bond donors (Lipinski definition) is 2. The SMILES string of the molecule is O=c1cccccc1Nc1ccc(O)cc1. The van der Waals surface area contributed by atoms with Crippen LogP contribution in [0.3, 0.4) is 0 Å². The highest BCUT2D eigenvalue weighted by atomic mass is 16.3. The molecule has 2 rings (SSSR count).